The molecule has 0 N–H and O–H groups in total. The first-order valence-electron chi connectivity index (χ1n) is 7.87. The molecule has 116 valence electrons. The average molecular weight is 303 g/mol. The highest BCUT2D eigenvalue weighted by atomic mass is 19.1. The number of hydrogen-bond donors (Lipinski definition) is 0. The molecular formula is C17H19F2N3. The molecule has 2 aromatic rings. The number of aromatic nitrogens is 2. The lowest BCUT2D eigenvalue weighted by Crippen LogP contribution is -2.34. The predicted molar refractivity (Wildman–Crippen MR) is 79.4 cm³/mol. The Kier molecular flexibility index (Phi) is 3.26. The lowest BCUT2D eigenvalue weighted by atomic mass is 10.0. The Hall–Kier alpha value is -1.75. The van der Waals surface area contributed by atoms with Crippen molar-refractivity contribution >= 4 is 0 Å². The van der Waals surface area contributed by atoms with Crippen LogP contribution in [0.3, 0.4) is 0 Å². The van der Waals surface area contributed by atoms with E-state index in [0.717, 1.165) is 18.7 Å². The molecule has 0 saturated heterocycles. The smallest absolute Gasteiger partial charge is 0.130 e. The van der Waals surface area contributed by atoms with Gasteiger partial charge in [-0.3, -0.25) is 4.90 Å². The first kappa shape index (κ1) is 13.9. The molecule has 1 aliphatic carbocycles. The maximum absolute atomic E-state index is 14.0. The molecule has 1 atom stereocenters. The number of benzene rings is 1. The van der Waals surface area contributed by atoms with Gasteiger partial charge in [0.15, 0.2) is 0 Å². The summed E-state index contributed by atoms with van der Waals surface area (Å²) in [5.74, 6) is -0.941. The third-order valence-corrected chi connectivity index (χ3v) is 4.88. The van der Waals surface area contributed by atoms with Gasteiger partial charge in [-0.25, -0.2) is 13.8 Å². The molecule has 4 rings (SSSR count). The largest absolute Gasteiger partial charge is 0.331 e. The summed E-state index contributed by atoms with van der Waals surface area (Å²) in [6, 6.07) is 4.40. The fourth-order valence-corrected chi connectivity index (χ4v) is 3.44. The van der Waals surface area contributed by atoms with E-state index in [1.807, 2.05) is 13.3 Å². The highest BCUT2D eigenvalue weighted by Crippen LogP contribution is 2.38. The number of rotatable bonds is 3. The molecule has 0 unspecified atom stereocenters. The van der Waals surface area contributed by atoms with Crippen LogP contribution in [0.5, 0.6) is 0 Å². The third kappa shape index (κ3) is 2.24. The van der Waals surface area contributed by atoms with Crippen LogP contribution in [0, 0.1) is 11.6 Å². The van der Waals surface area contributed by atoms with Gasteiger partial charge in [0.25, 0.3) is 0 Å². The van der Waals surface area contributed by atoms with Crippen LogP contribution in [0.15, 0.2) is 24.5 Å². The molecule has 0 spiro atoms. The summed E-state index contributed by atoms with van der Waals surface area (Å²) in [7, 11) is 0. The fraction of sp³-hybridized carbons (Fsp3) is 0.471. The van der Waals surface area contributed by atoms with Gasteiger partial charge in [0.2, 0.25) is 0 Å². The van der Waals surface area contributed by atoms with Crippen LogP contribution >= 0.6 is 0 Å². The second-order valence-corrected chi connectivity index (χ2v) is 6.31. The molecule has 1 fully saturated rings. The fourth-order valence-electron chi connectivity index (χ4n) is 3.44. The van der Waals surface area contributed by atoms with Gasteiger partial charge >= 0.3 is 0 Å². The van der Waals surface area contributed by atoms with Crippen molar-refractivity contribution in [2.45, 2.75) is 44.8 Å². The van der Waals surface area contributed by atoms with Crippen LogP contribution in [0.25, 0.3) is 0 Å². The van der Waals surface area contributed by atoms with Crippen LogP contribution < -0.4 is 0 Å². The molecule has 0 radical (unpaired) electrons. The van der Waals surface area contributed by atoms with Crippen LogP contribution in [-0.2, 0) is 13.0 Å². The average Bonchev–Trinajstić information content (AvgIpc) is 3.26. The number of nitrogens with zero attached hydrogens (tertiary/aromatic N) is 3. The van der Waals surface area contributed by atoms with E-state index < -0.39 is 11.6 Å². The summed E-state index contributed by atoms with van der Waals surface area (Å²) in [6.45, 7) is 3.33. The predicted octanol–water partition coefficient (Wildman–Crippen LogP) is 3.62. The summed E-state index contributed by atoms with van der Waals surface area (Å²) < 4.78 is 30.3. The van der Waals surface area contributed by atoms with E-state index in [1.165, 1.54) is 36.7 Å². The highest BCUT2D eigenvalue weighted by Gasteiger charge is 2.31. The molecule has 1 aromatic heterocycles. The summed E-state index contributed by atoms with van der Waals surface area (Å²) in [5.41, 5.74) is 2.52. The Morgan fingerprint density at radius 3 is 2.64 bits per heavy atom. The van der Waals surface area contributed by atoms with Gasteiger partial charge < -0.3 is 4.57 Å². The normalized spacial score (nSPS) is 20.0. The standard InChI is InChI=1S/C17H19F2N3/c1-11(17-13(18)3-2-4-14(17)19)21-8-7-16-15(9-21)20-10-22(16)12-5-6-12/h2-4,10-12H,5-9H2,1H3/t11-/m0/s1. The minimum atomic E-state index is -0.471. The molecule has 1 saturated carbocycles. The Morgan fingerprint density at radius 2 is 1.95 bits per heavy atom. The van der Waals surface area contributed by atoms with Crippen molar-refractivity contribution in [1.82, 2.24) is 14.5 Å². The highest BCUT2D eigenvalue weighted by molar-refractivity contribution is 5.25. The van der Waals surface area contributed by atoms with Gasteiger partial charge in [-0.05, 0) is 31.9 Å². The molecule has 1 aromatic carbocycles. The van der Waals surface area contributed by atoms with Crippen molar-refractivity contribution in [2.24, 2.45) is 0 Å². The molecule has 5 heteroatoms. The van der Waals surface area contributed by atoms with E-state index in [9.17, 15) is 8.78 Å². The second-order valence-electron chi connectivity index (χ2n) is 6.31. The first-order chi connectivity index (χ1) is 10.6. The Labute approximate surface area is 128 Å². The summed E-state index contributed by atoms with van der Waals surface area (Å²) in [5, 5.41) is 0. The van der Waals surface area contributed by atoms with Crippen molar-refractivity contribution < 1.29 is 8.78 Å². The van der Waals surface area contributed by atoms with Crippen molar-refractivity contribution in [1.29, 1.82) is 0 Å². The zero-order valence-corrected chi connectivity index (χ0v) is 12.6. The van der Waals surface area contributed by atoms with Crippen LogP contribution in [0.1, 0.15) is 48.8 Å². The Morgan fingerprint density at radius 1 is 1.23 bits per heavy atom. The van der Waals surface area contributed by atoms with Gasteiger partial charge in [-0.15, -0.1) is 0 Å². The lowest BCUT2D eigenvalue weighted by molar-refractivity contribution is 0.180. The van der Waals surface area contributed by atoms with Gasteiger partial charge in [0, 0.05) is 42.9 Å². The maximum atomic E-state index is 14.0. The number of hydrogen-bond acceptors (Lipinski definition) is 2. The van der Waals surface area contributed by atoms with E-state index in [4.69, 9.17) is 0 Å². The Bertz CT molecular complexity index is 686. The van der Waals surface area contributed by atoms with Crippen LogP contribution in [0.2, 0.25) is 0 Å². The summed E-state index contributed by atoms with van der Waals surface area (Å²) in [6.07, 6.45) is 5.30. The van der Waals surface area contributed by atoms with Crippen molar-refractivity contribution in [3.63, 3.8) is 0 Å². The van der Waals surface area contributed by atoms with Crippen molar-refractivity contribution in [3.05, 3.63) is 53.1 Å². The van der Waals surface area contributed by atoms with Gasteiger partial charge in [0.05, 0.1) is 12.0 Å². The molecule has 0 amide bonds. The molecule has 2 aliphatic rings. The van der Waals surface area contributed by atoms with E-state index in [0.29, 0.717) is 12.6 Å². The molecule has 2 heterocycles. The minimum absolute atomic E-state index is 0.160. The van der Waals surface area contributed by atoms with E-state index in [-0.39, 0.29) is 11.6 Å². The third-order valence-electron chi connectivity index (χ3n) is 4.88. The van der Waals surface area contributed by atoms with Crippen molar-refractivity contribution in [3.8, 4) is 0 Å². The quantitative estimate of drug-likeness (QED) is 0.863. The number of halogens is 2. The monoisotopic (exact) mass is 303 g/mol. The van der Waals surface area contributed by atoms with E-state index >= 15 is 0 Å². The zero-order chi connectivity index (χ0) is 15.3. The minimum Gasteiger partial charge on any atom is -0.331 e. The zero-order valence-electron chi connectivity index (χ0n) is 12.6. The summed E-state index contributed by atoms with van der Waals surface area (Å²) in [4.78, 5) is 6.63. The van der Waals surface area contributed by atoms with E-state index in [2.05, 4.69) is 14.5 Å². The maximum Gasteiger partial charge on any atom is 0.130 e. The summed E-state index contributed by atoms with van der Waals surface area (Å²) >= 11 is 0. The number of fused-ring (bicyclic) bond motifs is 1. The second kappa shape index (κ2) is 5.16. The molecule has 22 heavy (non-hydrogen) atoms. The van der Waals surface area contributed by atoms with Crippen LogP contribution in [-0.4, -0.2) is 21.0 Å². The van der Waals surface area contributed by atoms with Gasteiger partial charge in [0.1, 0.15) is 11.6 Å². The first-order valence-corrected chi connectivity index (χ1v) is 7.87. The molecule has 0 bridgehead atoms. The molecule has 3 nitrogen and oxygen atoms in total. The molecule has 1 aliphatic heterocycles. The Balaban J connectivity index is 1.59. The SMILES string of the molecule is C[C@@H](c1c(F)cccc1F)N1CCc2c(ncn2C2CC2)C1. The van der Waals surface area contributed by atoms with Crippen molar-refractivity contribution in [2.75, 3.05) is 6.54 Å². The molecular weight excluding hydrogens is 284 g/mol. The topological polar surface area (TPSA) is 21.1 Å². The lowest BCUT2D eigenvalue weighted by Gasteiger charge is -2.32. The van der Waals surface area contributed by atoms with E-state index in [1.54, 1.807) is 0 Å². The van der Waals surface area contributed by atoms with Gasteiger partial charge in [-0.2, -0.15) is 0 Å². The van der Waals surface area contributed by atoms with Gasteiger partial charge in [-0.1, -0.05) is 6.07 Å². The van der Waals surface area contributed by atoms with Crippen LogP contribution in [0.4, 0.5) is 8.78 Å². The number of imidazole rings is 1.